The molecule has 0 aromatic rings. The first-order valence-electron chi connectivity index (χ1n) is 7.30. The highest BCUT2D eigenvalue weighted by atomic mass is 16.5. The summed E-state index contributed by atoms with van der Waals surface area (Å²) in [6.45, 7) is 6.21. The van der Waals surface area contributed by atoms with Crippen LogP contribution in [0.4, 0.5) is 0 Å². The zero-order valence-electron chi connectivity index (χ0n) is 11.9. The standard InChI is InChI=1S/C14H24N2O3/c1-10(2)12(14(18)16-7-3-4-8-16)15-13(17)11-6-5-9-19-11/h10-12H,3-9H2,1-2H3,(H,15,17)/t11?,12-/m0/s1. The fourth-order valence-electron chi connectivity index (χ4n) is 2.68. The lowest BCUT2D eigenvalue weighted by atomic mass is 10.0. The number of ether oxygens (including phenoxy) is 1. The maximum atomic E-state index is 12.4. The van der Waals surface area contributed by atoms with Crippen molar-refractivity contribution in [2.45, 2.75) is 51.7 Å². The lowest BCUT2D eigenvalue weighted by Gasteiger charge is -2.27. The van der Waals surface area contributed by atoms with Crippen LogP contribution < -0.4 is 5.32 Å². The molecule has 0 aromatic carbocycles. The third-order valence-corrected chi connectivity index (χ3v) is 3.87. The molecule has 2 amide bonds. The highest BCUT2D eigenvalue weighted by molar-refractivity contribution is 5.89. The van der Waals surface area contributed by atoms with Crippen LogP contribution in [0.15, 0.2) is 0 Å². The molecular weight excluding hydrogens is 244 g/mol. The van der Waals surface area contributed by atoms with E-state index in [-0.39, 0.29) is 23.8 Å². The van der Waals surface area contributed by atoms with E-state index in [1.54, 1.807) is 0 Å². The van der Waals surface area contributed by atoms with Gasteiger partial charge in [0.2, 0.25) is 11.8 Å². The maximum Gasteiger partial charge on any atom is 0.249 e. The number of carbonyl (C=O) groups is 2. The first kappa shape index (κ1) is 14.3. The van der Waals surface area contributed by atoms with Gasteiger partial charge in [0.05, 0.1) is 0 Å². The van der Waals surface area contributed by atoms with Crippen molar-refractivity contribution in [3.05, 3.63) is 0 Å². The Morgan fingerprint density at radius 3 is 2.42 bits per heavy atom. The summed E-state index contributed by atoms with van der Waals surface area (Å²) in [6, 6.07) is -0.421. The molecule has 19 heavy (non-hydrogen) atoms. The topological polar surface area (TPSA) is 58.6 Å². The Labute approximate surface area is 114 Å². The quantitative estimate of drug-likeness (QED) is 0.825. The zero-order chi connectivity index (χ0) is 13.8. The SMILES string of the molecule is CC(C)[C@H](NC(=O)C1CCCO1)C(=O)N1CCCC1. The highest BCUT2D eigenvalue weighted by Crippen LogP contribution is 2.16. The Bertz CT molecular complexity index is 332. The van der Waals surface area contributed by atoms with Crippen LogP contribution >= 0.6 is 0 Å². The number of nitrogens with one attached hydrogen (secondary N) is 1. The number of rotatable bonds is 4. The van der Waals surface area contributed by atoms with Gasteiger partial charge in [-0.3, -0.25) is 9.59 Å². The van der Waals surface area contributed by atoms with Crippen molar-refractivity contribution in [1.82, 2.24) is 10.2 Å². The van der Waals surface area contributed by atoms with Crippen LogP contribution in [-0.4, -0.2) is 48.6 Å². The maximum absolute atomic E-state index is 12.4. The van der Waals surface area contributed by atoms with E-state index >= 15 is 0 Å². The summed E-state index contributed by atoms with van der Waals surface area (Å²) >= 11 is 0. The van der Waals surface area contributed by atoms with Crippen molar-refractivity contribution in [2.24, 2.45) is 5.92 Å². The molecule has 2 atom stereocenters. The van der Waals surface area contributed by atoms with Crippen LogP contribution in [0.25, 0.3) is 0 Å². The molecule has 2 saturated heterocycles. The third-order valence-electron chi connectivity index (χ3n) is 3.87. The smallest absolute Gasteiger partial charge is 0.249 e. The molecule has 0 saturated carbocycles. The first-order chi connectivity index (χ1) is 9.09. The van der Waals surface area contributed by atoms with Gasteiger partial charge in [0.15, 0.2) is 0 Å². The molecule has 0 spiro atoms. The number of nitrogens with zero attached hydrogens (tertiary/aromatic N) is 1. The number of amides is 2. The monoisotopic (exact) mass is 268 g/mol. The minimum absolute atomic E-state index is 0.0545. The molecular formula is C14H24N2O3. The van der Waals surface area contributed by atoms with E-state index in [4.69, 9.17) is 4.74 Å². The minimum atomic E-state index is -0.421. The predicted octanol–water partition coefficient (Wildman–Crippen LogP) is 0.929. The fraction of sp³-hybridized carbons (Fsp3) is 0.857. The van der Waals surface area contributed by atoms with E-state index in [0.29, 0.717) is 6.61 Å². The molecule has 2 aliphatic rings. The Hall–Kier alpha value is -1.10. The Morgan fingerprint density at radius 2 is 1.89 bits per heavy atom. The molecule has 0 aliphatic carbocycles. The van der Waals surface area contributed by atoms with E-state index in [0.717, 1.165) is 38.8 Å². The largest absolute Gasteiger partial charge is 0.368 e. The molecule has 108 valence electrons. The van der Waals surface area contributed by atoms with E-state index in [1.807, 2.05) is 18.7 Å². The van der Waals surface area contributed by atoms with Gasteiger partial charge in [0.1, 0.15) is 12.1 Å². The lowest BCUT2D eigenvalue weighted by Crippen LogP contribution is -2.52. The molecule has 1 N–H and O–H groups in total. The predicted molar refractivity (Wildman–Crippen MR) is 71.6 cm³/mol. The minimum Gasteiger partial charge on any atom is -0.368 e. The van der Waals surface area contributed by atoms with Crippen LogP contribution in [0.3, 0.4) is 0 Å². The van der Waals surface area contributed by atoms with Gasteiger partial charge < -0.3 is 15.0 Å². The zero-order valence-corrected chi connectivity index (χ0v) is 11.9. The summed E-state index contributed by atoms with van der Waals surface area (Å²) < 4.78 is 5.36. The van der Waals surface area contributed by atoms with E-state index in [9.17, 15) is 9.59 Å². The molecule has 5 nitrogen and oxygen atoms in total. The third kappa shape index (κ3) is 3.47. The second kappa shape index (κ2) is 6.37. The molecule has 2 aliphatic heterocycles. The van der Waals surface area contributed by atoms with Gasteiger partial charge in [0, 0.05) is 19.7 Å². The number of carbonyl (C=O) groups excluding carboxylic acids is 2. The van der Waals surface area contributed by atoms with E-state index in [1.165, 1.54) is 0 Å². The van der Waals surface area contributed by atoms with Gasteiger partial charge in [-0.1, -0.05) is 13.8 Å². The summed E-state index contributed by atoms with van der Waals surface area (Å²) in [4.78, 5) is 26.3. The average molecular weight is 268 g/mol. The summed E-state index contributed by atoms with van der Waals surface area (Å²) in [5.74, 6) is 0.0149. The summed E-state index contributed by atoms with van der Waals surface area (Å²) in [7, 11) is 0. The molecule has 2 rings (SSSR count). The van der Waals surface area contributed by atoms with Crippen molar-refractivity contribution in [3.63, 3.8) is 0 Å². The molecule has 5 heteroatoms. The molecule has 0 radical (unpaired) electrons. The van der Waals surface area contributed by atoms with Crippen LogP contribution in [-0.2, 0) is 14.3 Å². The van der Waals surface area contributed by atoms with Crippen molar-refractivity contribution in [1.29, 1.82) is 0 Å². The second-order valence-corrected chi connectivity index (χ2v) is 5.76. The van der Waals surface area contributed by atoms with Gasteiger partial charge in [-0.2, -0.15) is 0 Å². The molecule has 2 heterocycles. The Morgan fingerprint density at radius 1 is 1.21 bits per heavy atom. The van der Waals surface area contributed by atoms with Crippen LogP contribution in [0.5, 0.6) is 0 Å². The summed E-state index contributed by atoms with van der Waals surface area (Å²) in [5, 5.41) is 2.88. The Kier molecular flexibility index (Phi) is 4.80. The molecule has 0 aromatic heterocycles. The van der Waals surface area contributed by atoms with Crippen LogP contribution in [0, 0.1) is 5.92 Å². The molecule has 2 fully saturated rings. The van der Waals surface area contributed by atoms with Crippen molar-refractivity contribution in [2.75, 3.05) is 19.7 Å². The fourth-order valence-corrected chi connectivity index (χ4v) is 2.68. The van der Waals surface area contributed by atoms with E-state index < -0.39 is 6.04 Å². The van der Waals surface area contributed by atoms with Crippen molar-refractivity contribution < 1.29 is 14.3 Å². The number of likely N-dealkylation sites (tertiary alicyclic amines) is 1. The van der Waals surface area contributed by atoms with Gasteiger partial charge in [-0.15, -0.1) is 0 Å². The van der Waals surface area contributed by atoms with Gasteiger partial charge in [-0.05, 0) is 31.6 Å². The highest BCUT2D eigenvalue weighted by Gasteiger charge is 2.33. The van der Waals surface area contributed by atoms with Crippen molar-refractivity contribution in [3.8, 4) is 0 Å². The number of hydrogen-bond donors (Lipinski definition) is 1. The summed E-state index contributed by atoms with van der Waals surface area (Å²) in [5.41, 5.74) is 0. The van der Waals surface area contributed by atoms with Gasteiger partial charge >= 0.3 is 0 Å². The lowest BCUT2D eigenvalue weighted by molar-refractivity contribution is -0.139. The van der Waals surface area contributed by atoms with Gasteiger partial charge in [0.25, 0.3) is 0 Å². The van der Waals surface area contributed by atoms with Gasteiger partial charge in [-0.25, -0.2) is 0 Å². The normalized spacial score (nSPS) is 24.8. The van der Waals surface area contributed by atoms with Crippen LogP contribution in [0.2, 0.25) is 0 Å². The second-order valence-electron chi connectivity index (χ2n) is 5.76. The number of hydrogen-bond acceptors (Lipinski definition) is 3. The van der Waals surface area contributed by atoms with E-state index in [2.05, 4.69) is 5.32 Å². The van der Waals surface area contributed by atoms with Crippen LogP contribution in [0.1, 0.15) is 39.5 Å². The summed E-state index contributed by atoms with van der Waals surface area (Å²) in [6.07, 6.45) is 3.44. The molecule has 0 bridgehead atoms. The molecule has 1 unspecified atom stereocenters. The average Bonchev–Trinajstić information content (AvgIpc) is 3.05. The first-order valence-corrected chi connectivity index (χ1v) is 7.30. The van der Waals surface area contributed by atoms with Crippen molar-refractivity contribution >= 4 is 11.8 Å². The Balaban J connectivity index is 1.94.